The summed E-state index contributed by atoms with van der Waals surface area (Å²) in [5.74, 6) is -3.87. The summed E-state index contributed by atoms with van der Waals surface area (Å²) in [5, 5.41) is 12.7. The number of esters is 2. The molecule has 0 aromatic carbocycles. The van der Waals surface area contributed by atoms with Crippen molar-refractivity contribution in [2.45, 2.75) is 171 Å². The molecule has 10 heteroatoms. The smallest absolute Gasteiger partial charge is 0.306 e. The normalized spacial score (nSPS) is 24.4. The van der Waals surface area contributed by atoms with Gasteiger partial charge in [-0.1, -0.05) is 76.2 Å². The van der Waals surface area contributed by atoms with Crippen molar-refractivity contribution in [3.63, 3.8) is 0 Å². The number of hydrogen-bond acceptors (Lipinski definition) is 10. The van der Waals surface area contributed by atoms with Gasteiger partial charge >= 0.3 is 11.9 Å². The lowest BCUT2D eigenvalue weighted by Gasteiger charge is -2.52. The minimum atomic E-state index is -1.96. The van der Waals surface area contributed by atoms with E-state index in [1.54, 1.807) is 41.5 Å². The van der Waals surface area contributed by atoms with E-state index in [9.17, 15) is 24.3 Å². The number of ether oxygens (including phenoxy) is 3. The first-order valence-electron chi connectivity index (χ1n) is 19.2. The molecule has 10 nitrogen and oxygen atoms in total. The molecule has 3 heterocycles. The molecule has 0 bridgehead atoms. The van der Waals surface area contributed by atoms with Crippen LogP contribution in [-0.2, 0) is 30.2 Å². The van der Waals surface area contributed by atoms with Crippen molar-refractivity contribution in [1.82, 2.24) is 0 Å². The number of aliphatic hydroxyl groups is 1. The van der Waals surface area contributed by atoms with Crippen molar-refractivity contribution in [3.8, 4) is 0 Å². The standard InChI is InChI=1S/C42H64O10/c1-16-31-22(7)35(45)26(11)40(49-31)29(14)42(47)30(15)41(50-34(44)19-21(5)6)28(13)39(52-42)27(12)38-25(10)36(46)24(9)37(51-38)23(8)32(17-2)48-33(43)18-20(3)4/h20-21,23,27-30,32,39,41,47H,16-19H2,1-15H3/t23-,27-,28+,29-,30-,32-,39-,41-,42+/m0/s1. The Kier molecular flexibility index (Phi) is 14.3. The van der Waals surface area contributed by atoms with Gasteiger partial charge in [0.25, 0.3) is 0 Å². The van der Waals surface area contributed by atoms with E-state index in [-0.39, 0.29) is 47.5 Å². The molecule has 0 unspecified atom stereocenters. The molecule has 1 fully saturated rings. The lowest BCUT2D eigenvalue weighted by Crippen LogP contribution is -2.61. The van der Waals surface area contributed by atoms with E-state index in [4.69, 9.17) is 23.0 Å². The predicted octanol–water partition coefficient (Wildman–Crippen LogP) is 8.09. The molecule has 1 N–H and O–H groups in total. The van der Waals surface area contributed by atoms with Gasteiger partial charge in [-0.25, -0.2) is 0 Å². The number of aryl methyl sites for hydroxylation is 1. The zero-order valence-electron chi connectivity index (χ0n) is 34.2. The summed E-state index contributed by atoms with van der Waals surface area (Å²) in [6.07, 6.45) is -0.607. The van der Waals surface area contributed by atoms with Crippen LogP contribution in [-0.4, -0.2) is 41.1 Å². The third-order valence-electron chi connectivity index (χ3n) is 11.2. The second-order valence-corrected chi connectivity index (χ2v) is 16.1. The van der Waals surface area contributed by atoms with Crippen LogP contribution in [0, 0.1) is 51.4 Å². The maximum atomic E-state index is 13.8. The van der Waals surface area contributed by atoms with Gasteiger partial charge < -0.3 is 28.2 Å². The van der Waals surface area contributed by atoms with Crippen LogP contribution >= 0.6 is 0 Å². The zero-order chi connectivity index (χ0) is 39.6. The molecular formula is C42H64O10. The SMILES string of the molecule is CCc1oc([C@H](C)[C@@]2(O)O[C@@H]([C@@H](C)c3oc([C@@H](C)[C@H](CC)OC(=O)CC(C)C)c(C)c(=O)c3C)[C@@H](C)[C@H](OC(=O)CC(C)C)[C@@H]2C)c(C)c(=O)c1C. The summed E-state index contributed by atoms with van der Waals surface area (Å²) in [7, 11) is 0. The Labute approximate surface area is 310 Å². The highest BCUT2D eigenvalue weighted by molar-refractivity contribution is 5.70. The van der Waals surface area contributed by atoms with Crippen LogP contribution in [0.1, 0.15) is 158 Å². The number of carbonyl (C=O) groups is 2. The summed E-state index contributed by atoms with van der Waals surface area (Å²) in [4.78, 5) is 53.0. The van der Waals surface area contributed by atoms with E-state index in [1.165, 1.54) is 0 Å². The van der Waals surface area contributed by atoms with Crippen molar-refractivity contribution in [2.75, 3.05) is 0 Å². The van der Waals surface area contributed by atoms with Crippen molar-refractivity contribution in [2.24, 2.45) is 23.7 Å². The maximum Gasteiger partial charge on any atom is 0.306 e. The van der Waals surface area contributed by atoms with E-state index in [1.807, 2.05) is 62.3 Å². The first-order chi connectivity index (χ1) is 24.1. The van der Waals surface area contributed by atoms with Gasteiger partial charge in [-0.05, 0) is 46.0 Å². The maximum absolute atomic E-state index is 13.8. The molecular weight excluding hydrogens is 664 g/mol. The van der Waals surface area contributed by atoms with Gasteiger partial charge in [0.05, 0.1) is 17.9 Å². The fourth-order valence-corrected chi connectivity index (χ4v) is 7.90. The van der Waals surface area contributed by atoms with Gasteiger partial charge in [-0.2, -0.15) is 0 Å². The molecule has 2 aromatic rings. The fraction of sp³-hybridized carbons (Fsp3) is 0.714. The Morgan fingerprint density at radius 3 is 1.83 bits per heavy atom. The molecule has 0 aliphatic carbocycles. The van der Waals surface area contributed by atoms with Crippen LogP contribution in [0.3, 0.4) is 0 Å². The minimum absolute atomic E-state index is 0.0592. The average Bonchev–Trinajstić information content (AvgIpc) is 3.07. The van der Waals surface area contributed by atoms with Crippen LogP contribution in [0.5, 0.6) is 0 Å². The molecule has 52 heavy (non-hydrogen) atoms. The van der Waals surface area contributed by atoms with Gasteiger partial charge in [0.1, 0.15) is 35.2 Å². The van der Waals surface area contributed by atoms with Crippen molar-refractivity contribution in [1.29, 1.82) is 0 Å². The molecule has 0 radical (unpaired) electrons. The summed E-state index contributed by atoms with van der Waals surface area (Å²) < 4.78 is 31.8. The van der Waals surface area contributed by atoms with Crippen molar-refractivity contribution < 1.29 is 37.7 Å². The van der Waals surface area contributed by atoms with E-state index >= 15 is 0 Å². The summed E-state index contributed by atoms with van der Waals surface area (Å²) >= 11 is 0. The second-order valence-electron chi connectivity index (χ2n) is 16.1. The lowest BCUT2D eigenvalue weighted by atomic mass is 9.72. The van der Waals surface area contributed by atoms with E-state index < -0.39 is 53.7 Å². The fourth-order valence-electron chi connectivity index (χ4n) is 7.90. The third kappa shape index (κ3) is 8.75. The largest absolute Gasteiger partial charge is 0.465 e. The van der Waals surface area contributed by atoms with Gasteiger partial charge in [0.15, 0.2) is 16.6 Å². The Morgan fingerprint density at radius 2 is 1.29 bits per heavy atom. The first kappa shape index (κ1) is 43.2. The first-order valence-corrected chi connectivity index (χ1v) is 19.2. The van der Waals surface area contributed by atoms with E-state index in [0.29, 0.717) is 58.1 Å². The average molecular weight is 729 g/mol. The predicted molar refractivity (Wildman–Crippen MR) is 201 cm³/mol. The summed E-state index contributed by atoms with van der Waals surface area (Å²) in [6, 6.07) is 0. The topological polar surface area (TPSA) is 142 Å². The van der Waals surface area contributed by atoms with Crippen molar-refractivity contribution in [3.05, 3.63) is 65.7 Å². The highest BCUT2D eigenvalue weighted by Crippen LogP contribution is 2.49. The van der Waals surface area contributed by atoms with Crippen LogP contribution in [0.25, 0.3) is 0 Å². The summed E-state index contributed by atoms with van der Waals surface area (Å²) in [6.45, 7) is 27.7. The molecule has 2 aromatic heterocycles. The molecule has 0 saturated carbocycles. The van der Waals surface area contributed by atoms with Gasteiger partial charge in [0.2, 0.25) is 0 Å². The Morgan fingerprint density at radius 1 is 0.769 bits per heavy atom. The molecule has 1 aliphatic heterocycles. The Bertz CT molecular complexity index is 1700. The molecule has 0 spiro atoms. The van der Waals surface area contributed by atoms with Gasteiger partial charge in [-0.3, -0.25) is 19.2 Å². The Balaban J connectivity index is 2.19. The molecule has 0 amide bonds. The minimum Gasteiger partial charge on any atom is -0.465 e. The quantitative estimate of drug-likeness (QED) is 0.190. The molecule has 3 rings (SSSR count). The van der Waals surface area contributed by atoms with E-state index in [0.717, 1.165) is 0 Å². The summed E-state index contributed by atoms with van der Waals surface area (Å²) in [5.41, 5.74) is 1.39. The highest BCUT2D eigenvalue weighted by atomic mass is 16.6. The molecule has 9 atom stereocenters. The number of carbonyl (C=O) groups excluding carboxylic acids is 2. The highest BCUT2D eigenvalue weighted by Gasteiger charge is 2.57. The zero-order valence-corrected chi connectivity index (χ0v) is 34.2. The van der Waals surface area contributed by atoms with Crippen LogP contribution in [0.15, 0.2) is 18.4 Å². The van der Waals surface area contributed by atoms with Crippen molar-refractivity contribution >= 4 is 11.9 Å². The molecule has 1 saturated heterocycles. The van der Waals surface area contributed by atoms with Crippen LogP contribution < -0.4 is 10.9 Å². The van der Waals surface area contributed by atoms with Gasteiger partial charge in [0, 0.05) is 59.3 Å². The number of hydrogen-bond donors (Lipinski definition) is 1. The molecule has 1 aliphatic rings. The molecule has 292 valence electrons. The van der Waals surface area contributed by atoms with Crippen LogP contribution in [0.2, 0.25) is 0 Å². The lowest BCUT2D eigenvalue weighted by molar-refractivity contribution is -0.331. The number of rotatable bonds is 14. The monoisotopic (exact) mass is 728 g/mol. The second kappa shape index (κ2) is 17.3. The van der Waals surface area contributed by atoms with Crippen LogP contribution in [0.4, 0.5) is 0 Å². The van der Waals surface area contributed by atoms with Gasteiger partial charge in [-0.15, -0.1) is 0 Å². The third-order valence-corrected chi connectivity index (χ3v) is 11.2. The van der Waals surface area contributed by atoms with E-state index in [2.05, 4.69) is 0 Å². The Hall–Kier alpha value is -3.24.